The summed E-state index contributed by atoms with van der Waals surface area (Å²) < 4.78 is 22.6. The molecule has 20 heavy (non-hydrogen) atoms. The van der Waals surface area contributed by atoms with Gasteiger partial charge in [-0.15, -0.1) is 0 Å². The molecule has 0 aromatic heterocycles. The van der Waals surface area contributed by atoms with Crippen molar-refractivity contribution in [3.8, 4) is 0 Å². The SMILES string of the molecule is NS(=O)(=O)c1cccc(NC(=O)C2CC3CCC2C3)c1. The highest BCUT2D eigenvalue weighted by Gasteiger charge is 2.42. The molecular weight excluding hydrogens is 276 g/mol. The molecule has 2 aliphatic carbocycles. The Balaban J connectivity index is 1.73. The predicted molar refractivity (Wildman–Crippen MR) is 75.4 cm³/mol. The number of hydrogen-bond acceptors (Lipinski definition) is 3. The molecule has 5 nitrogen and oxygen atoms in total. The molecule has 3 N–H and O–H groups in total. The Labute approximate surface area is 118 Å². The molecule has 2 bridgehead atoms. The van der Waals surface area contributed by atoms with Crippen LogP contribution < -0.4 is 10.5 Å². The molecule has 3 rings (SSSR count). The summed E-state index contributed by atoms with van der Waals surface area (Å²) in [5.74, 6) is 1.28. The van der Waals surface area contributed by atoms with E-state index in [-0.39, 0.29) is 16.7 Å². The van der Waals surface area contributed by atoms with Gasteiger partial charge in [0.15, 0.2) is 0 Å². The third kappa shape index (κ3) is 2.58. The van der Waals surface area contributed by atoms with Crippen molar-refractivity contribution in [2.75, 3.05) is 5.32 Å². The van der Waals surface area contributed by atoms with Crippen molar-refractivity contribution < 1.29 is 13.2 Å². The average Bonchev–Trinajstić information content (AvgIpc) is 3.00. The van der Waals surface area contributed by atoms with Gasteiger partial charge in [-0.3, -0.25) is 4.79 Å². The van der Waals surface area contributed by atoms with E-state index >= 15 is 0 Å². The Morgan fingerprint density at radius 3 is 2.65 bits per heavy atom. The molecule has 0 aliphatic heterocycles. The Morgan fingerprint density at radius 2 is 2.05 bits per heavy atom. The number of anilines is 1. The van der Waals surface area contributed by atoms with Gasteiger partial charge in [-0.05, 0) is 49.3 Å². The molecular formula is C14H18N2O3S. The van der Waals surface area contributed by atoms with Gasteiger partial charge in [0.2, 0.25) is 15.9 Å². The lowest BCUT2D eigenvalue weighted by Gasteiger charge is -2.20. The van der Waals surface area contributed by atoms with E-state index < -0.39 is 10.0 Å². The van der Waals surface area contributed by atoms with Crippen LogP contribution in [-0.4, -0.2) is 14.3 Å². The number of carbonyl (C=O) groups excluding carboxylic acids is 1. The maximum atomic E-state index is 12.3. The molecule has 3 atom stereocenters. The number of nitrogens with two attached hydrogens (primary N) is 1. The highest BCUT2D eigenvalue weighted by atomic mass is 32.2. The zero-order chi connectivity index (χ0) is 14.3. The molecule has 3 unspecified atom stereocenters. The van der Waals surface area contributed by atoms with E-state index in [1.54, 1.807) is 12.1 Å². The van der Waals surface area contributed by atoms with Gasteiger partial charge < -0.3 is 5.32 Å². The van der Waals surface area contributed by atoms with E-state index in [0.29, 0.717) is 17.5 Å². The first-order valence-corrected chi connectivity index (χ1v) is 8.42. The van der Waals surface area contributed by atoms with Crippen molar-refractivity contribution in [3.05, 3.63) is 24.3 Å². The maximum Gasteiger partial charge on any atom is 0.238 e. The van der Waals surface area contributed by atoms with Crippen LogP contribution in [0.2, 0.25) is 0 Å². The van der Waals surface area contributed by atoms with Crippen LogP contribution >= 0.6 is 0 Å². The fraction of sp³-hybridized carbons (Fsp3) is 0.500. The van der Waals surface area contributed by atoms with Crippen LogP contribution in [-0.2, 0) is 14.8 Å². The van der Waals surface area contributed by atoms with Crippen molar-refractivity contribution in [1.82, 2.24) is 0 Å². The second kappa shape index (κ2) is 4.86. The van der Waals surface area contributed by atoms with Crippen molar-refractivity contribution in [3.63, 3.8) is 0 Å². The van der Waals surface area contributed by atoms with Gasteiger partial charge in [0.05, 0.1) is 4.90 Å². The molecule has 1 aromatic carbocycles. The molecule has 2 saturated carbocycles. The second-order valence-corrected chi connectivity index (χ2v) is 7.40. The van der Waals surface area contributed by atoms with Crippen molar-refractivity contribution in [2.45, 2.75) is 30.6 Å². The predicted octanol–water partition coefficient (Wildman–Crippen LogP) is 1.71. The Morgan fingerprint density at radius 1 is 1.25 bits per heavy atom. The molecule has 6 heteroatoms. The number of benzene rings is 1. The summed E-state index contributed by atoms with van der Waals surface area (Å²) in [5.41, 5.74) is 0.490. The van der Waals surface area contributed by atoms with Gasteiger partial charge >= 0.3 is 0 Å². The Hall–Kier alpha value is -1.40. The third-order valence-corrected chi connectivity index (χ3v) is 5.42. The molecule has 1 aromatic rings. The summed E-state index contributed by atoms with van der Waals surface area (Å²) in [7, 11) is -3.74. The smallest absolute Gasteiger partial charge is 0.238 e. The first kappa shape index (κ1) is 13.6. The fourth-order valence-corrected chi connectivity index (χ4v) is 4.11. The zero-order valence-corrected chi connectivity index (χ0v) is 11.9. The van der Waals surface area contributed by atoms with Crippen LogP contribution in [0.3, 0.4) is 0 Å². The van der Waals surface area contributed by atoms with Crippen molar-refractivity contribution >= 4 is 21.6 Å². The van der Waals surface area contributed by atoms with E-state index in [1.807, 2.05) is 0 Å². The zero-order valence-electron chi connectivity index (χ0n) is 11.1. The van der Waals surface area contributed by atoms with Crippen molar-refractivity contribution in [1.29, 1.82) is 0 Å². The summed E-state index contributed by atoms with van der Waals surface area (Å²) in [5, 5.41) is 7.91. The van der Waals surface area contributed by atoms with Crippen LogP contribution in [0, 0.1) is 17.8 Å². The molecule has 0 spiro atoms. The Bertz CT molecular complexity index is 642. The minimum atomic E-state index is -3.74. The minimum absolute atomic E-state index is 0.00349. The van der Waals surface area contributed by atoms with E-state index in [9.17, 15) is 13.2 Å². The fourth-order valence-electron chi connectivity index (χ4n) is 3.55. The molecule has 1 amide bonds. The van der Waals surface area contributed by atoms with Crippen LogP contribution in [0.1, 0.15) is 25.7 Å². The quantitative estimate of drug-likeness (QED) is 0.889. The highest BCUT2D eigenvalue weighted by molar-refractivity contribution is 7.89. The van der Waals surface area contributed by atoms with E-state index in [1.165, 1.54) is 18.6 Å². The monoisotopic (exact) mass is 294 g/mol. The number of carbonyl (C=O) groups is 1. The van der Waals surface area contributed by atoms with E-state index in [4.69, 9.17) is 5.14 Å². The number of amides is 1. The summed E-state index contributed by atoms with van der Waals surface area (Å²) >= 11 is 0. The molecule has 2 fully saturated rings. The number of rotatable bonds is 3. The van der Waals surface area contributed by atoms with E-state index in [0.717, 1.165) is 19.3 Å². The minimum Gasteiger partial charge on any atom is -0.326 e. The topological polar surface area (TPSA) is 89.3 Å². The first-order valence-electron chi connectivity index (χ1n) is 6.87. The van der Waals surface area contributed by atoms with Gasteiger partial charge in [0.1, 0.15) is 0 Å². The summed E-state index contributed by atoms with van der Waals surface area (Å²) in [4.78, 5) is 12.3. The molecule has 0 saturated heterocycles. The Kier molecular flexibility index (Phi) is 3.30. The van der Waals surface area contributed by atoms with Gasteiger partial charge in [-0.25, -0.2) is 13.6 Å². The number of hydrogen-bond donors (Lipinski definition) is 2. The van der Waals surface area contributed by atoms with Crippen LogP contribution in [0.5, 0.6) is 0 Å². The lowest BCUT2D eigenvalue weighted by Crippen LogP contribution is -2.27. The van der Waals surface area contributed by atoms with Crippen molar-refractivity contribution in [2.24, 2.45) is 22.9 Å². The molecule has 0 heterocycles. The average molecular weight is 294 g/mol. The maximum absolute atomic E-state index is 12.3. The van der Waals surface area contributed by atoms with Crippen LogP contribution in [0.15, 0.2) is 29.2 Å². The van der Waals surface area contributed by atoms with Gasteiger partial charge in [-0.2, -0.15) is 0 Å². The summed E-state index contributed by atoms with van der Waals surface area (Å²) in [6.07, 6.45) is 4.51. The number of nitrogens with one attached hydrogen (secondary N) is 1. The van der Waals surface area contributed by atoms with Crippen LogP contribution in [0.4, 0.5) is 5.69 Å². The third-order valence-electron chi connectivity index (χ3n) is 4.50. The number of sulfonamides is 1. The van der Waals surface area contributed by atoms with Crippen LogP contribution in [0.25, 0.3) is 0 Å². The summed E-state index contributed by atoms with van der Waals surface area (Å²) in [6, 6.07) is 6.08. The highest BCUT2D eigenvalue weighted by Crippen LogP contribution is 2.48. The summed E-state index contributed by atoms with van der Waals surface area (Å²) in [6.45, 7) is 0. The number of fused-ring (bicyclic) bond motifs is 2. The first-order chi connectivity index (χ1) is 9.43. The van der Waals surface area contributed by atoms with E-state index in [2.05, 4.69) is 5.32 Å². The van der Waals surface area contributed by atoms with Gasteiger partial charge in [0.25, 0.3) is 0 Å². The normalized spacial score (nSPS) is 28.6. The molecule has 2 aliphatic rings. The molecule has 0 radical (unpaired) electrons. The van der Waals surface area contributed by atoms with Gasteiger partial charge in [-0.1, -0.05) is 12.5 Å². The van der Waals surface area contributed by atoms with Gasteiger partial charge in [0, 0.05) is 11.6 Å². The lowest BCUT2D eigenvalue weighted by molar-refractivity contribution is -0.121. The second-order valence-electron chi connectivity index (χ2n) is 5.84. The standard InChI is InChI=1S/C14H18N2O3S/c15-20(18,19)12-3-1-2-11(8-12)16-14(17)13-7-9-4-5-10(13)6-9/h1-3,8-10,13H,4-7H2,(H,16,17)(H2,15,18,19). The lowest BCUT2D eigenvalue weighted by atomic mass is 9.88. The number of primary sulfonamides is 1. The molecule has 108 valence electrons. The largest absolute Gasteiger partial charge is 0.326 e.